The predicted octanol–water partition coefficient (Wildman–Crippen LogP) is 9.84. The lowest BCUT2D eigenvalue weighted by molar-refractivity contribution is 0.726. The van der Waals surface area contributed by atoms with Gasteiger partial charge in [-0.15, -0.1) is 0 Å². The smallest absolute Gasteiger partial charge is 0.0000148 e. The van der Waals surface area contributed by atoms with Crippen LogP contribution < -0.4 is 0 Å². The van der Waals surface area contributed by atoms with E-state index in [4.69, 9.17) is 0 Å². The van der Waals surface area contributed by atoms with Gasteiger partial charge in [0.05, 0.1) is 0 Å². The van der Waals surface area contributed by atoms with Gasteiger partial charge in [-0.3, -0.25) is 0 Å². The largest absolute Gasteiger partial charge is 0.0720 e. The van der Waals surface area contributed by atoms with Crippen LogP contribution in [0.3, 0.4) is 0 Å². The summed E-state index contributed by atoms with van der Waals surface area (Å²) >= 11 is 0. The third-order valence-corrected chi connectivity index (χ3v) is 9.11. The monoisotopic (exact) mass is 472 g/mol. The van der Waals surface area contributed by atoms with Gasteiger partial charge >= 0.3 is 0 Å². The van der Waals surface area contributed by atoms with E-state index in [9.17, 15) is 0 Å². The first kappa shape index (κ1) is 21.0. The Balaban J connectivity index is 1.53. The van der Waals surface area contributed by atoms with Gasteiger partial charge in [0.1, 0.15) is 0 Å². The van der Waals surface area contributed by atoms with E-state index in [1.807, 2.05) is 0 Å². The van der Waals surface area contributed by atoms with Crippen molar-refractivity contribution in [3.05, 3.63) is 138 Å². The summed E-state index contributed by atoms with van der Waals surface area (Å²) in [6.45, 7) is 4.65. The van der Waals surface area contributed by atoms with Crippen molar-refractivity contribution in [3.8, 4) is 11.1 Å². The lowest BCUT2D eigenvalue weighted by Gasteiger charge is -2.26. The van der Waals surface area contributed by atoms with E-state index in [2.05, 4.69) is 129 Å². The van der Waals surface area contributed by atoms with Gasteiger partial charge < -0.3 is 0 Å². The van der Waals surface area contributed by atoms with Gasteiger partial charge in [-0.1, -0.05) is 122 Å². The van der Waals surface area contributed by atoms with E-state index in [0.29, 0.717) is 11.3 Å². The number of rotatable bonds is 2. The Morgan fingerprint density at radius 3 is 1.76 bits per heavy atom. The molecular formula is C37H28. The van der Waals surface area contributed by atoms with Crippen molar-refractivity contribution < 1.29 is 0 Å². The van der Waals surface area contributed by atoms with Crippen LogP contribution in [-0.2, 0) is 5.41 Å². The number of aryl methyl sites for hydroxylation is 1. The molecule has 6 aromatic carbocycles. The second-order valence-corrected chi connectivity index (χ2v) is 11.2. The van der Waals surface area contributed by atoms with Crippen LogP contribution in [0.15, 0.2) is 115 Å². The van der Waals surface area contributed by atoms with Crippen LogP contribution in [0.25, 0.3) is 49.0 Å². The number of benzene rings is 6. The molecule has 37 heavy (non-hydrogen) atoms. The third-order valence-electron chi connectivity index (χ3n) is 9.11. The molecule has 0 amide bonds. The highest BCUT2D eigenvalue weighted by molar-refractivity contribution is 6.22. The fourth-order valence-corrected chi connectivity index (χ4v) is 7.05. The minimum Gasteiger partial charge on any atom is -0.0720 e. The second kappa shape index (κ2) is 7.43. The third kappa shape index (κ3) is 2.84. The van der Waals surface area contributed by atoms with Crippen LogP contribution in [0.4, 0.5) is 0 Å². The SMILES string of the molecule is Cc1ccc(-c2c3ccccc3c(C3=CC4CC4(C)c4ccccc43)c3ccccc23)c2ccccc12. The van der Waals surface area contributed by atoms with Gasteiger partial charge in [-0.25, -0.2) is 0 Å². The molecule has 1 saturated carbocycles. The van der Waals surface area contributed by atoms with E-state index in [0.717, 1.165) is 0 Å². The Labute approximate surface area is 217 Å². The molecule has 6 aromatic rings. The topological polar surface area (TPSA) is 0 Å². The Morgan fingerprint density at radius 2 is 1.08 bits per heavy atom. The van der Waals surface area contributed by atoms with Gasteiger partial charge in [0, 0.05) is 5.41 Å². The molecule has 0 heterocycles. The van der Waals surface area contributed by atoms with Gasteiger partial charge in [0.15, 0.2) is 0 Å². The molecule has 0 nitrogen and oxygen atoms in total. The number of allylic oxidation sites excluding steroid dienone is 1. The maximum Gasteiger partial charge on any atom is 0.0000148 e. The van der Waals surface area contributed by atoms with E-state index in [1.54, 1.807) is 0 Å². The summed E-state index contributed by atoms with van der Waals surface area (Å²) < 4.78 is 0. The summed E-state index contributed by atoms with van der Waals surface area (Å²) in [6, 6.07) is 40.7. The molecule has 2 aliphatic rings. The van der Waals surface area contributed by atoms with Crippen molar-refractivity contribution in [3.63, 3.8) is 0 Å². The van der Waals surface area contributed by atoms with Crippen molar-refractivity contribution in [2.75, 3.05) is 0 Å². The Bertz CT molecular complexity index is 1880. The fourth-order valence-electron chi connectivity index (χ4n) is 7.05. The van der Waals surface area contributed by atoms with Crippen molar-refractivity contribution in [2.24, 2.45) is 5.92 Å². The first-order valence-electron chi connectivity index (χ1n) is 13.4. The summed E-state index contributed by atoms with van der Waals surface area (Å²) in [6.07, 6.45) is 3.83. The minimum absolute atomic E-state index is 0.298. The molecule has 1 fully saturated rings. The van der Waals surface area contributed by atoms with Crippen molar-refractivity contribution in [1.82, 2.24) is 0 Å². The summed E-state index contributed by atoms with van der Waals surface area (Å²) in [5.74, 6) is 0.621. The zero-order valence-corrected chi connectivity index (χ0v) is 21.3. The van der Waals surface area contributed by atoms with Crippen LogP contribution in [0.2, 0.25) is 0 Å². The van der Waals surface area contributed by atoms with Gasteiger partial charge in [0.2, 0.25) is 0 Å². The molecular weight excluding hydrogens is 444 g/mol. The first-order chi connectivity index (χ1) is 18.1. The van der Waals surface area contributed by atoms with Gasteiger partial charge in [0.25, 0.3) is 0 Å². The lowest BCUT2D eigenvalue weighted by atomic mass is 9.77. The lowest BCUT2D eigenvalue weighted by Crippen LogP contribution is -2.12. The van der Waals surface area contributed by atoms with Crippen molar-refractivity contribution >= 4 is 37.9 Å². The molecule has 0 aliphatic heterocycles. The predicted molar refractivity (Wildman–Crippen MR) is 158 cm³/mol. The van der Waals surface area contributed by atoms with Crippen molar-refractivity contribution in [1.29, 1.82) is 0 Å². The summed E-state index contributed by atoms with van der Waals surface area (Å²) in [7, 11) is 0. The molecule has 0 N–H and O–H groups in total. The van der Waals surface area contributed by atoms with E-state index in [1.165, 1.54) is 77.7 Å². The van der Waals surface area contributed by atoms with Crippen molar-refractivity contribution in [2.45, 2.75) is 25.7 Å². The number of hydrogen-bond acceptors (Lipinski definition) is 0. The fraction of sp³-hybridized carbons (Fsp3) is 0.135. The molecule has 2 atom stereocenters. The summed E-state index contributed by atoms with van der Waals surface area (Å²) in [5.41, 5.74) is 9.98. The van der Waals surface area contributed by atoms with Crippen LogP contribution >= 0.6 is 0 Å². The van der Waals surface area contributed by atoms with Crippen LogP contribution in [0.1, 0.15) is 35.6 Å². The maximum absolute atomic E-state index is 2.58. The molecule has 176 valence electrons. The standard InChI is InChI=1S/C37H28/c1-23-19-20-32(26-12-4-3-11-25(23)26)35-28-14-5-7-16-30(28)36(31-17-8-6-15-29(31)35)33-21-24-22-37(24,2)34-18-10-9-13-27(33)34/h3-21,24H,22H2,1-2H3. The molecule has 0 heteroatoms. The number of hydrogen-bond donors (Lipinski definition) is 0. The Hall–Kier alpha value is -4.16. The quantitative estimate of drug-likeness (QED) is 0.220. The highest BCUT2D eigenvalue weighted by Gasteiger charge is 2.53. The molecule has 2 aliphatic carbocycles. The zero-order valence-electron chi connectivity index (χ0n) is 21.3. The second-order valence-electron chi connectivity index (χ2n) is 11.2. The summed E-state index contributed by atoms with van der Waals surface area (Å²) in [5, 5.41) is 7.98. The summed E-state index contributed by atoms with van der Waals surface area (Å²) in [4.78, 5) is 0. The number of fused-ring (bicyclic) bond motifs is 6. The molecule has 0 radical (unpaired) electrons. The molecule has 0 saturated heterocycles. The van der Waals surface area contributed by atoms with E-state index < -0.39 is 0 Å². The average Bonchev–Trinajstić information content (AvgIpc) is 3.63. The van der Waals surface area contributed by atoms with Crippen LogP contribution in [0, 0.1) is 12.8 Å². The van der Waals surface area contributed by atoms with Gasteiger partial charge in [-0.05, 0) is 90.5 Å². The van der Waals surface area contributed by atoms with E-state index >= 15 is 0 Å². The Morgan fingerprint density at radius 1 is 0.541 bits per heavy atom. The maximum atomic E-state index is 2.58. The molecule has 2 unspecified atom stereocenters. The average molecular weight is 473 g/mol. The van der Waals surface area contributed by atoms with Crippen LogP contribution in [-0.4, -0.2) is 0 Å². The zero-order chi connectivity index (χ0) is 24.7. The molecule has 8 rings (SSSR count). The van der Waals surface area contributed by atoms with Gasteiger partial charge in [-0.2, -0.15) is 0 Å². The minimum atomic E-state index is 0.298. The van der Waals surface area contributed by atoms with Crippen LogP contribution in [0.5, 0.6) is 0 Å². The normalized spacial score (nSPS) is 20.1. The molecule has 0 spiro atoms. The Kier molecular flexibility index (Phi) is 4.21. The molecule has 0 aromatic heterocycles. The molecule has 0 bridgehead atoms. The highest BCUT2D eigenvalue weighted by atomic mass is 14.6. The van der Waals surface area contributed by atoms with E-state index in [-0.39, 0.29) is 0 Å². The first-order valence-corrected chi connectivity index (χ1v) is 13.4. The highest BCUT2D eigenvalue weighted by Crippen LogP contribution is 2.61.